The molecule has 126 valence electrons. The van der Waals surface area contributed by atoms with Crippen LogP contribution in [0, 0.1) is 0 Å². The molecule has 0 bridgehead atoms. The summed E-state index contributed by atoms with van der Waals surface area (Å²) in [6.45, 7) is 0.0283. The van der Waals surface area contributed by atoms with Crippen LogP contribution in [0.4, 0.5) is 0 Å². The largest absolute Gasteiger partial charge is 0.497 e. The van der Waals surface area contributed by atoms with Crippen molar-refractivity contribution in [2.45, 2.75) is 11.4 Å². The molecule has 24 heavy (non-hydrogen) atoms. The number of carbonyl (C=O) groups is 2. The van der Waals surface area contributed by atoms with Gasteiger partial charge in [-0.25, -0.2) is 4.79 Å². The Bertz CT molecular complexity index is 718. The summed E-state index contributed by atoms with van der Waals surface area (Å²) in [5.74, 6) is -0.133. The van der Waals surface area contributed by atoms with Crippen LogP contribution in [0.5, 0.6) is 5.75 Å². The first kappa shape index (κ1) is 17.9. The Hall–Kier alpha value is -2.47. The summed E-state index contributed by atoms with van der Waals surface area (Å²) in [5, 5.41) is 2.71. The minimum atomic E-state index is -0.503. The van der Waals surface area contributed by atoms with Crippen molar-refractivity contribution in [2.75, 3.05) is 20.0 Å². The number of methoxy groups -OCH3 is 1. The van der Waals surface area contributed by atoms with Crippen LogP contribution in [0.15, 0.2) is 53.4 Å². The number of benzene rings is 2. The Kier molecular flexibility index (Phi) is 6.69. The summed E-state index contributed by atoms with van der Waals surface area (Å²) in [7, 11) is 1.59. The van der Waals surface area contributed by atoms with Crippen LogP contribution in [0.2, 0.25) is 0 Å². The maximum absolute atomic E-state index is 12.1. The molecule has 0 atom stereocenters. The average molecular weight is 345 g/mol. The Balaban J connectivity index is 1.83. The molecule has 0 fully saturated rings. The Morgan fingerprint density at radius 1 is 1.12 bits per heavy atom. The molecule has 0 saturated carbocycles. The van der Waals surface area contributed by atoms with Crippen LogP contribution in [0.25, 0.3) is 0 Å². The second kappa shape index (κ2) is 8.98. The summed E-state index contributed by atoms with van der Waals surface area (Å²) in [5.41, 5.74) is 1.37. The first-order valence-corrected chi connectivity index (χ1v) is 8.56. The van der Waals surface area contributed by atoms with Crippen LogP contribution in [0.3, 0.4) is 0 Å². The number of carbonyl (C=O) groups excluding carboxylic acids is 2. The summed E-state index contributed by atoms with van der Waals surface area (Å²) in [6, 6.07) is 14.5. The van der Waals surface area contributed by atoms with E-state index in [0.29, 0.717) is 12.1 Å². The second-order valence-electron chi connectivity index (χ2n) is 4.90. The minimum Gasteiger partial charge on any atom is -0.497 e. The standard InChI is InChI=1S/C18H19NO4S/c1-22-14-7-5-6-13(10-14)11-19-17(20)12-23-18(21)15-8-3-4-9-16(15)24-2/h3-10H,11-12H2,1-2H3,(H,19,20). The summed E-state index contributed by atoms with van der Waals surface area (Å²) in [6.07, 6.45) is 1.88. The Morgan fingerprint density at radius 3 is 2.67 bits per heavy atom. The fourth-order valence-corrected chi connectivity index (χ4v) is 2.64. The number of hydrogen-bond acceptors (Lipinski definition) is 5. The lowest BCUT2D eigenvalue weighted by Crippen LogP contribution is -2.28. The van der Waals surface area contributed by atoms with Gasteiger partial charge >= 0.3 is 5.97 Å². The summed E-state index contributed by atoms with van der Waals surface area (Å²) < 4.78 is 10.2. The normalized spacial score (nSPS) is 10.1. The lowest BCUT2D eigenvalue weighted by atomic mass is 10.2. The number of ether oxygens (including phenoxy) is 2. The van der Waals surface area contributed by atoms with E-state index in [0.717, 1.165) is 16.2 Å². The number of amides is 1. The molecule has 0 aliphatic heterocycles. The maximum Gasteiger partial charge on any atom is 0.339 e. The molecule has 6 heteroatoms. The molecule has 2 aromatic rings. The van der Waals surface area contributed by atoms with E-state index in [1.807, 2.05) is 42.7 Å². The molecule has 1 amide bonds. The molecule has 0 radical (unpaired) electrons. The highest BCUT2D eigenvalue weighted by Gasteiger charge is 2.13. The monoisotopic (exact) mass is 345 g/mol. The molecular formula is C18H19NO4S. The van der Waals surface area contributed by atoms with E-state index in [4.69, 9.17) is 9.47 Å². The van der Waals surface area contributed by atoms with Gasteiger partial charge in [0.05, 0.1) is 12.7 Å². The van der Waals surface area contributed by atoms with E-state index in [1.54, 1.807) is 19.2 Å². The molecule has 1 N–H and O–H groups in total. The number of nitrogens with one attached hydrogen (secondary N) is 1. The van der Waals surface area contributed by atoms with Crippen LogP contribution >= 0.6 is 11.8 Å². The van der Waals surface area contributed by atoms with Crippen molar-refractivity contribution in [1.82, 2.24) is 5.32 Å². The van der Waals surface area contributed by atoms with Gasteiger partial charge in [0.15, 0.2) is 6.61 Å². The molecule has 0 aliphatic carbocycles. The van der Waals surface area contributed by atoms with Gasteiger partial charge in [0.1, 0.15) is 5.75 Å². The van der Waals surface area contributed by atoms with Crippen molar-refractivity contribution < 1.29 is 19.1 Å². The predicted molar refractivity (Wildman–Crippen MR) is 93.3 cm³/mol. The smallest absolute Gasteiger partial charge is 0.339 e. The van der Waals surface area contributed by atoms with Crippen molar-refractivity contribution in [3.05, 3.63) is 59.7 Å². The van der Waals surface area contributed by atoms with E-state index >= 15 is 0 Å². The SMILES string of the molecule is COc1cccc(CNC(=O)COC(=O)c2ccccc2SC)c1. The van der Waals surface area contributed by atoms with Gasteiger partial charge in [0, 0.05) is 11.4 Å². The van der Waals surface area contributed by atoms with Crippen molar-refractivity contribution in [3.63, 3.8) is 0 Å². The number of hydrogen-bond donors (Lipinski definition) is 1. The maximum atomic E-state index is 12.1. The predicted octanol–water partition coefficient (Wildman–Crippen LogP) is 2.89. The lowest BCUT2D eigenvalue weighted by molar-refractivity contribution is -0.124. The van der Waals surface area contributed by atoms with Crippen LogP contribution in [-0.2, 0) is 16.1 Å². The molecule has 0 aromatic heterocycles. The molecular weight excluding hydrogens is 326 g/mol. The molecule has 5 nitrogen and oxygen atoms in total. The lowest BCUT2D eigenvalue weighted by Gasteiger charge is -2.09. The van der Waals surface area contributed by atoms with Gasteiger partial charge in [-0.1, -0.05) is 24.3 Å². The van der Waals surface area contributed by atoms with Gasteiger partial charge in [-0.3, -0.25) is 4.79 Å². The fraction of sp³-hybridized carbons (Fsp3) is 0.222. The minimum absolute atomic E-state index is 0.314. The third-order valence-corrected chi connectivity index (χ3v) is 4.08. The highest BCUT2D eigenvalue weighted by atomic mass is 32.2. The number of rotatable bonds is 7. The fourth-order valence-electron chi connectivity index (χ4n) is 2.06. The second-order valence-corrected chi connectivity index (χ2v) is 5.75. The highest BCUT2D eigenvalue weighted by Crippen LogP contribution is 2.20. The molecule has 2 rings (SSSR count). The van der Waals surface area contributed by atoms with E-state index in [9.17, 15) is 9.59 Å². The average Bonchev–Trinajstić information content (AvgIpc) is 2.64. The van der Waals surface area contributed by atoms with Crippen molar-refractivity contribution >= 4 is 23.6 Å². The number of esters is 1. The van der Waals surface area contributed by atoms with Crippen LogP contribution < -0.4 is 10.1 Å². The molecule has 0 unspecified atom stereocenters. The van der Waals surface area contributed by atoms with Gasteiger partial charge in [-0.05, 0) is 36.1 Å². The molecule has 0 heterocycles. The highest BCUT2D eigenvalue weighted by molar-refractivity contribution is 7.98. The Morgan fingerprint density at radius 2 is 1.92 bits per heavy atom. The third kappa shape index (κ3) is 5.03. The van der Waals surface area contributed by atoms with Crippen molar-refractivity contribution in [3.8, 4) is 5.75 Å². The summed E-state index contributed by atoms with van der Waals surface area (Å²) in [4.78, 5) is 24.7. The van der Waals surface area contributed by atoms with Crippen LogP contribution in [0.1, 0.15) is 15.9 Å². The third-order valence-electron chi connectivity index (χ3n) is 3.29. The number of thioether (sulfide) groups is 1. The van der Waals surface area contributed by atoms with Crippen molar-refractivity contribution in [2.24, 2.45) is 0 Å². The van der Waals surface area contributed by atoms with Gasteiger partial charge in [0.25, 0.3) is 5.91 Å². The van der Waals surface area contributed by atoms with Gasteiger partial charge in [-0.2, -0.15) is 0 Å². The molecule has 0 spiro atoms. The first-order chi connectivity index (χ1) is 11.6. The zero-order chi connectivity index (χ0) is 17.4. The van der Waals surface area contributed by atoms with Gasteiger partial charge in [0.2, 0.25) is 0 Å². The van der Waals surface area contributed by atoms with E-state index in [2.05, 4.69) is 5.32 Å². The molecule has 2 aromatic carbocycles. The zero-order valence-electron chi connectivity index (χ0n) is 13.6. The van der Waals surface area contributed by atoms with Crippen LogP contribution in [-0.4, -0.2) is 31.8 Å². The summed E-state index contributed by atoms with van der Waals surface area (Å²) >= 11 is 1.46. The van der Waals surface area contributed by atoms with Crippen molar-refractivity contribution in [1.29, 1.82) is 0 Å². The quantitative estimate of drug-likeness (QED) is 0.617. The van der Waals surface area contributed by atoms with E-state index in [-0.39, 0.29) is 12.5 Å². The molecule has 0 aliphatic rings. The first-order valence-electron chi connectivity index (χ1n) is 7.34. The van der Waals surface area contributed by atoms with Gasteiger partial charge in [-0.15, -0.1) is 11.8 Å². The topological polar surface area (TPSA) is 64.6 Å². The Labute approximate surface area is 145 Å². The zero-order valence-corrected chi connectivity index (χ0v) is 14.4. The van der Waals surface area contributed by atoms with Gasteiger partial charge < -0.3 is 14.8 Å². The van der Waals surface area contributed by atoms with E-state index < -0.39 is 5.97 Å². The van der Waals surface area contributed by atoms with E-state index in [1.165, 1.54) is 11.8 Å². The molecule has 0 saturated heterocycles.